The van der Waals surface area contributed by atoms with Gasteiger partial charge in [0.25, 0.3) is 5.56 Å². The fourth-order valence-electron chi connectivity index (χ4n) is 3.78. The molecular formula is C18H28N2O2. The highest BCUT2D eigenvalue weighted by molar-refractivity contribution is 5.26. The molecule has 0 amide bonds. The summed E-state index contributed by atoms with van der Waals surface area (Å²) in [7, 11) is 0. The van der Waals surface area contributed by atoms with Crippen LogP contribution in [0.2, 0.25) is 0 Å². The Morgan fingerprint density at radius 3 is 2.68 bits per heavy atom. The summed E-state index contributed by atoms with van der Waals surface area (Å²) in [5.74, 6) is 0. The third kappa shape index (κ3) is 3.44. The fraction of sp³-hybridized carbons (Fsp3) is 0.722. The van der Waals surface area contributed by atoms with Crippen molar-refractivity contribution >= 4 is 0 Å². The topological polar surface area (TPSA) is 43.3 Å². The molecule has 0 radical (unpaired) electrons. The zero-order valence-corrected chi connectivity index (χ0v) is 13.9. The van der Waals surface area contributed by atoms with Crippen LogP contribution < -0.4 is 10.9 Å². The summed E-state index contributed by atoms with van der Waals surface area (Å²) in [6, 6.07) is 2.73. The summed E-state index contributed by atoms with van der Waals surface area (Å²) < 4.78 is 7.61. The molecule has 1 N–H and O–H groups in total. The monoisotopic (exact) mass is 304 g/mol. The van der Waals surface area contributed by atoms with Gasteiger partial charge in [-0.15, -0.1) is 0 Å². The van der Waals surface area contributed by atoms with Gasteiger partial charge in [-0.05, 0) is 51.2 Å². The van der Waals surface area contributed by atoms with Gasteiger partial charge in [0.05, 0.1) is 12.6 Å². The molecule has 1 aromatic rings. The normalized spacial score (nSPS) is 22.5. The predicted molar refractivity (Wildman–Crippen MR) is 88.2 cm³/mol. The summed E-state index contributed by atoms with van der Waals surface area (Å²) in [4.78, 5) is 12.9. The van der Waals surface area contributed by atoms with Gasteiger partial charge in [-0.25, -0.2) is 0 Å². The van der Waals surface area contributed by atoms with Crippen LogP contribution in [0.25, 0.3) is 0 Å². The van der Waals surface area contributed by atoms with Crippen LogP contribution in [-0.2, 0) is 17.8 Å². The maximum Gasteiger partial charge on any atom is 0.255 e. The van der Waals surface area contributed by atoms with Gasteiger partial charge in [0.2, 0.25) is 0 Å². The lowest BCUT2D eigenvalue weighted by Crippen LogP contribution is -2.35. The highest BCUT2D eigenvalue weighted by Crippen LogP contribution is 2.19. The average molecular weight is 304 g/mol. The summed E-state index contributed by atoms with van der Waals surface area (Å²) >= 11 is 0. The highest BCUT2D eigenvalue weighted by Gasteiger charge is 2.20. The van der Waals surface area contributed by atoms with E-state index >= 15 is 0 Å². The van der Waals surface area contributed by atoms with Crippen molar-refractivity contribution in [2.45, 2.75) is 77.6 Å². The minimum atomic E-state index is 0.165. The minimum Gasteiger partial charge on any atom is -0.376 e. The number of nitrogens with one attached hydrogen (secondary N) is 1. The molecule has 1 aromatic heterocycles. The molecule has 0 spiro atoms. The van der Waals surface area contributed by atoms with Gasteiger partial charge in [-0.1, -0.05) is 12.8 Å². The summed E-state index contributed by atoms with van der Waals surface area (Å²) in [5.41, 5.74) is 3.24. The quantitative estimate of drug-likeness (QED) is 0.909. The Hall–Kier alpha value is -1.13. The van der Waals surface area contributed by atoms with Crippen molar-refractivity contribution in [2.24, 2.45) is 0 Å². The Bertz CT molecular complexity index is 567. The lowest BCUT2D eigenvalue weighted by molar-refractivity contribution is 0.0955. The van der Waals surface area contributed by atoms with Crippen molar-refractivity contribution in [1.82, 2.24) is 9.88 Å². The van der Waals surface area contributed by atoms with Crippen molar-refractivity contribution in [3.8, 4) is 0 Å². The highest BCUT2D eigenvalue weighted by atomic mass is 16.5. The van der Waals surface area contributed by atoms with E-state index in [1.165, 1.54) is 25.7 Å². The number of ether oxygens (including phenoxy) is 1. The minimum absolute atomic E-state index is 0.165. The first-order valence-electron chi connectivity index (χ1n) is 8.70. The average Bonchev–Trinajstić information content (AvgIpc) is 3.16. The van der Waals surface area contributed by atoms with E-state index in [0.29, 0.717) is 19.1 Å². The van der Waals surface area contributed by atoms with E-state index < -0.39 is 0 Å². The van der Waals surface area contributed by atoms with Gasteiger partial charge >= 0.3 is 0 Å². The second-order valence-corrected chi connectivity index (χ2v) is 6.86. The van der Waals surface area contributed by atoms with Crippen LogP contribution in [0.1, 0.15) is 55.3 Å². The lowest BCUT2D eigenvalue weighted by Gasteiger charge is -2.19. The van der Waals surface area contributed by atoms with Crippen LogP contribution in [0.15, 0.2) is 10.9 Å². The molecule has 122 valence electrons. The van der Waals surface area contributed by atoms with E-state index in [0.717, 1.165) is 36.3 Å². The third-order valence-corrected chi connectivity index (χ3v) is 5.16. The van der Waals surface area contributed by atoms with Crippen LogP contribution in [0.4, 0.5) is 0 Å². The number of aromatic nitrogens is 1. The third-order valence-electron chi connectivity index (χ3n) is 5.16. The summed E-state index contributed by atoms with van der Waals surface area (Å²) in [6.45, 7) is 6.30. The molecule has 1 saturated carbocycles. The van der Waals surface area contributed by atoms with Crippen molar-refractivity contribution < 1.29 is 4.74 Å². The standard InChI is InChI=1S/C18H28N2O2/c1-13-10-14(2)20(12-16-8-5-9-22-16)18(21)17(13)11-19-15-6-3-4-7-15/h10,15-16,19H,3-9,11-12H2,1-2H3. The number of hydrogen-bond donors (Lipinski definition) is 1. The summed E-state index contributed by atoms with van der Waals surface area (Å²) in [6.07, 6.45) is 7.50. The molecule has 4 nitrogen and oxygen atoms in total. The maximum atomic E-state index is 12.9. The number of aryl methyl sites for hydroxylation is 2. The SMILES string of the molecule is Cc1cc(C)n(CC2CCCO2)c(=O)c1CNC1CCCC1. The Morgan fingerprint density at radius 1 is 1.23 bits per heavy atom. The second-order valence-electron chi connectivity index (χ2n) is 6.86. The van der Waals surface area contributed by atoms with Gasteiger partial charge in [0.1, 0.15) is 0 Å². The first-order chi connectivity index (χ1) is 10.6. The van der Waals surface area contributed by atoms with Gasteiger partial charge in [-0.2, -0.15) is 0 Å². The van der Waals surface area contributed by atoms with E-state index in [2.05, 4.69) is 18.3 Å². The molecule has 2 heterocycles. The number of rotatable bonds is 5. The van der Waals surface area contributed by atoms with Gasteiger partial charge in [0, 0.05) is 30.5 Å². The Labute approximate surface area is 132 Å². The van der Waals surface area contributed by atoms with E-state index in [-0.39, 0.29) is 11.7 Å². The van der Waals surface area contributed by atoms with Crippen molar-refractivity contribution in [2.75, 3.05) is 6.61 Å². The van der Waals surface area contributed by atoms with Gasteiger partial charge < -0.3 is 14.6 Å². The first-order valence-corrected chi connectivity index (χ1v) is 8.70. The van der Waals surface area contributed by atoms with E-state index in [4.69, 9.17) is 4.74 Å². The maximum absolute atomic E-state index is 12.9. The molecule has 22 heavy (non-hydrogen) atoms. The Kier molecular flexibility index (Phi) is 4.99. The van der Waals surface area contributed by atoms with Crippen molar-refractivity contribution in [3.05, 3.63) is 33.2 Å². The zero-order valence-electron chi connectivity index (χ0n) is 13.9. The number of nitrogens with zero attached hydrogens (tertiary/aromatic N) is 1. The second kappa shape index (κ2) is 6.97. The molecule has 0 bridgehead atoms. The summed E-state index contributed by atoms with van der Waals surface area (Å²) in [5, 5.41) is 3.58. The molecule has 2 fully saturated rings. The largest absolute Gasteiger partial charge is 0.376 e. The smallest absolute Gasteiger partial charge is 0.255 e. The number of hydrogen-bond acceptors (Lipinski definition) is 3. The molecule has 4 heteroatoms. The Morgan fingerprint density at radius 2 is 2.00 bits per heavy atom. The molecule has 2 aliphatic rings. The van der Waals surface area contributed by atoms with E-state index in [1.807, 2.05) is 11.5 Å². The molecule has 1 atom stereocenters. The van der Waals surface area contributed by atoms with E-state index in [9.17, 15) is 4.79 Å². The van der Waals surface area contributed by atoms with Crippen LogP contribution in [0.3, 0.4) is 0 Å². The van der Waals surface area contributed by atoms with Crippen LogP contribution in [0.5, 0.6) is 0 Å². The molecule has 0 aromatic carbocycles. The Balaban J connectivity index is 1.77. The molecule has 1 aliphatic heterocycles. The van der Waals surface area contributed by atoms with Crippen molar-refractivity contribution in [3.63, 3.8) is 0 Å². The van der Waals surface area contributed by atoms with Crippen LogP contribution in [0, 0.1) is 13.8 Å². The number of pyridine rings is 1. The fourth-order valence-corrected chi connectivity index (χ4v) is 3.78. The molecule has 3 rings (SSSR count). The van der Waals surface area contributed by atoms with Gasteiger partial charge in [0.15, 0.2) is 0 Å². The molecule has 1 aliphatic carbocycles. The molecule has 1 unspecified atom stereocenters. The molecule has 1 saturated heterocycles. The van der Waals surface area contributed by atoms with Gasteiger partial charge in [-0.3, -0.25) is 4.79 Å². The first kappa shape index (κ1) is 15.8. The van der Waals surface area contributed by atoms with Crippen LogP contribution >= 0.6 is 0 Å². The zero-order chi connectivity index (χ0) is 15.5. The van der Waals surface area contributed by atoms with Crippen molar-refractivity contribution in [1.29, 1.82) is 0 Å². The predicted octanol–water partition coefficient (Wildman–Crippen LogP) is 2.68. The van der Waals surface area contributed by atoms with Crippen LogP contribution in [-0.4, -0.2) is 23.3 Å². The van der Waals surface area contributed by atoms with E-state index in [1.54, 1.807) is 0 Å². The lowest BCUT2D eigenvalue weighted by atomic mass is 10.1. The molecular weight excluding hydrogens is 276 g/mol.